The third kappa shape index (κ3) is 3.66. The van der Waals surface area contributed by atoms with E-state index in [4.69, 9.17) is 55.0 Å². The molecule has 0 saturated carbocycles. The molecule has 0 aliphatic carbocycles. The molecule has 0 saturated heterocycles. The number of hydrogen-bond acceptors (Lipinski definition) is 5. The van der Waals surface area contributed by atoms with Gasteiger partial charge in [-0.1, -0.05) is 46.4 Å². The summed E-state index contributed by atoms with van der Waals surface area (Å²) < 4.78 is 35.2. The first-order valence-electron chi connectivity index (χ1n) is 6.91. The minimum atomic E-state index is -4.37. The van der Waals surface area contributed by atoms with Crippen LogP contribution in [0.5, 0.6) is 5.75 Å². The van der Waals surface area contributed by atoms with E-state index >= 15 is 0 Å². The predicted molar refractivity (Wildman–Crippen MR) is 102 cm³/mol. The molecule has 5 nitrogen and oxygen atoms in total. The molecular formula is C16H8Cl4O5S. The molecule has 0 atom stereocenters. The molecule has 2 aromatic carbocycles. The van der Waals surface area contributed by atoms with Gasteiger partial charge in [0.05, 0.1) is 20.1 Å². The highest BCUT2D eigenvalue weighted by Gasteiger charge is 2.24. The second-order valence-electron chi connectivity index (χ2n) is 5.26. The number of halogens is 4. The lowest BCUT2D eigenvalue weighted by atomic mass is 10.1. The van der Waals surface area contributed by atoms with Crippen LogP contribution in [0.15, 0.2) is 44.4 Å². The molecule has 0 N–H and O–H groups in total. The van der Waals surface area contributed by atoms with Crippen molar-refractivity contribution >= 4 is 67.5 Å². The molecule has 10 heteroatoms. The first kappa shape index (κ1) is 19.3. The van der Waals surface area contributed by atoms with Gasteiger partial charge in [-0.15, -0.1) is 0 Å². The average molecular weight is 454 g/mol. The molecule has 0 bridgehead atoms. The molecule has 0 aliphatic heterocycles. The van der Waals surface area contributed by atoms with E-state index in [0.717, 1.165) is 6.07 Å². The van der Waals surface area contributed by atoms with Gasteiger partial charge in [0.25, 0.3) is 0 Å². The van der Waals surface area contributed by atoms with Gasteiger partial charge < -0.3 is 8.60 Å². The molecule has 0 spiro atoms. The second kappa shape index (κ2) is 6.94. The molecule has 136 valence electrons. The van der Waals surface area contributed by atoms with E-state index in [9.17, 15) is 13.2 Å². The summed E-state index contributed by atoms with van der Waals surface area (Å²) in [6, 6.07) is 6.21. The first-order valence-corrected chi connectivity index (χ1v) is 9.83. The Balaban J connectivity index is 2.12. The van der Waals surface area contributed by atoms with Crippen molar-refractivity contribution in [3.05, 3.63) is 66.4 Å². The van der Waals surface area contributed by atoms with Crippen molar-refractivity contribution < 1.29 is 17.0 Å². The molecular weight excluding hydrogens is 446 g/mol. The van der Waals surface area contributed by atoms with Crippen LogP contribution in [-0.2, 0) is 10.1 Å². The summed E-state index contributed by atoms with van der Waals surface area (Å²) >= 11 is 23.7. The van der Waals surface area contributed by atoms with Crippen molar-refractivity contribution in [2.75, 3.05) is 0 Å². The molecule has 0 radical (unpaired) electrons. The third-order valence-corrected chi connectivity index (χ3v) is 6.17. The Morgan fingerprint density at radius 3 is 2.23 bits per heavy atom. The number of benzene rings is 2. The molecule has 3 aromatic rings. The first-order chi connectivity index (χ1) is 12.1. The lowest BCUT2D eigenvalue weighted by molar-refractivity contribution is 0.485. The summed E-state index contributed by atoms with van der Waals surface area (Å²) in [5.41, 5.74) is 0.170. The maximum atomic E-state index is 12.5. The van der Waals surface area contributed by atoms with Gasteiger partial charge in [-0.25, -0.2) is 4.79 Å². The highest BCUT2D eigenvalue weighted by Crippen LogP contribution is 2.36. The fraction of sp³-hybridized carbons (Fsp3) is 0.0625. The van der Waals surface area contributed by atoms with Gasteiger partial charge in [0.15, 0.2) is 5.75 Å². The van der Waals surface area contributed by atoms with E-state index in [0.29, 0.717) is 10.9 Å². The van der Waals surface area contributed by atoms with E-state index in [2.05, 4.69) is 0 Å². The predicted octanol–water partition coefficient (Wildman–Crippen LogP) is 5.48. The lowest BCUT2D eigenvalue weighted by Crippen LogP contribution is -2.11. The highest BCUT2D eigenvalue weighted by molar-refractivity contribution is 7.87. The third-order valence-electron chi connectivity index (χ3n) is 3.45. The van der Waals surface area contributed by atoms with Crippen LogP contribution in [0.1, 0.15) is 5.56 Å². The van der Waals surface area contributed by atoms with Gasteiger partial charge in [0.2, 0.25) is 0 Å². The highest BCUT2D eigenvalue weighted by atomic mass is 35.5. The Bertz CT molecular complexity index is 1200. The Hall–Kier alpha value is -1.44. The van der Waals surface area contributed by atoms with Crippen LogP contribution in [0.3, 0.4) is 0 Å². The maximum Gasteiger partial charge on any atom is 0.340 e. The van der Waals surface area contributed by atoms with E-state index < -0.39 is 15.7 Å². The van der Waals surface area contributed by atoms with Crippen molar-refractivity contribution in [2.24, 2.45) is 0 Å². The van der Waals surface area contributed by atoms with Crippen LogP contribution in [0.2, 0.25) is 20.1 Å². The van der Waals surface area contributed by atoms with Crippen LogP contribution in [-0.4, -0.2) is 8.42 Å². The minimum absolute atomic E-state index is 0.00852. The van der Waals surface area contributed by atoms with Gasteiger partial charge in [-0.05, 0) is 30.7 Å². The van der Waals surface area contributed by atoms with Crippen LogP contribution in [0.25, 0.3) is 11.0 Å². The topological polar surface area (TPSA) is 73.6 Å². The summed E-state index contributed by atoms with van der Waals surface area (Å²) in [6.07, 6.45) is 0. The van der Waals surface area contributed by atoms with Gasteiger partial charge in [-0.2, -0.15) is 8.42 Å². The van der Waals surface area contributed by atoms with Gasteiger partial charge in [0.1, 0.15) is 10.5 Å². The Kier molecular flexibility index (Phi) is 5.16. The van der Waals surface area contributed by atoms with Crippen LogP contribution in [0, 0.1) is 6.92 Å². The van der Waals surface area contributed by atoms with Crippen molar-refractivity contribution in [3.63, 3.8) is 0 Å². The van der Waals surface area contributed by atoms with E-state index in [-0.39, 0.29) is 36.3 Å². The fourth-order valence-corrected chi connectivity index (χ4v) is 4.41. The molecule has 0 fully saturated rings. The normalized spacial score (nSPS) is 11.7. The zero-order valence-corrected chi connectivity index (χ0v) is 16.7. The average Bonchev–Trinajstić information content (AvgIpc) is 2.52. The molecule has 0 aliphatic rings. The Morgan fingerprint density at radius 1 is 0.885 bits per heavy atom. The van der Waals surface area contributed by atoms with Crippen molar-refractivity contribution in [2.45, 2.75) is 11.8 Å². The van der Waals surface area contributed by atoms with E-state index in [1.807, 2.05) is 0 Å². The lowest BCUT2D eigenvalue weighted by Gasteiger charge is -2.11. The van der Waals surface area contributed by atoms with Crippen LogP contribution < -0.4 is 9.81 Å². The molecule has 0 unspecified atom stereocenters. The summed E-state index contributed by atoms with van der Waals surface area (Å²) in [4.78, 5) is 11.1. The molecule has 0 amide bonds. The number of rotatable bonds is 3. The second-order valence-corrected chi connectivity index (χ2v) is 8.40. The number of fused-ring (bicyclic) bond motifs is 1. The van der Waals surface area contributed by atoms with Gasteiger partial charge in [-0.3, -0.25) is 0 Å². The van der Waals surface area contributed by atoms with Crippen LogP contribution >= 0.6 is 46.4 Å². The van der Waals surface area contributed by atoms with Crippen molar-refractivity contribution in [1.82, 2.24) is 0 Å². The molecule has 3 rings (SSSR count). The van der Waals surface area contributed by atoms with E-state index in [1.165, 1.54) is 24.3 Å². The molecule has 1 aromatic heterocycles. The van der Waals surface area contributed by atoms with Gasteiger partial charge >= 0.3 is 15.7 Å². The Labute approximate surface area is 168 Å². The summed E-state index contributed by atoms with van der Waals surface area (Å²) in [6.45, 7) is 1.70. The minimum Gasteiger partial charge on any atom is -0.423 e. The zero-order valence-electron chi connectivity index (χ0n) is 12.8. The number of hydrogen-bond donors (Lipinski definition) is 0. The quantitative estimate of drug-likeness (QED) is 0.298. The number of aryl methyl sites for hydroxylation is 1. The molecule has 1 heterocycles. The zero-order chi connectivity index (χ0) is 19.2. The van der Waals surface area contributed by atoms with E-state index in [1.54, 1.807) is 6.92 Å². The smallest absolute Gasteiger partial charge is 0.340 e. The maximum absolute atomic E-state index is 12.5. The summed E-state index contributed by atoms with van der Waals surface area (Å²) in [5.74, 6) is -0.227. The Morgan fingerprint density at radius 2 is 1.54 bits per heavy atom. The molecule has 26 heavy (non-hydrogen) atoms. The summed E-state index contributed by atoms with van der Waals surface area (Å²) in [5, 5.41) is 0.473. The standard InChI is InChI=1S/C16H8Cl4O5S/c1-7-2-16(21)24-13-6-14(11(19)3-8(7)13)25-26(22,23)15-5-10(18)9(17)4-12(15)20/h2-6H,1H3. The van der Waals surface area contributed by atoms with Crippen LogP contribution in [0.4, 0.5) is 0 Å². The summed E-state index contributed by atoms with van der Waals surface area (Å²) in [7, 11) is -4.37. The SMILES string of the molecule is Cc1cc(=O)oc2cc(OS(=O)(=O)c3cc(Cl)c(Cl)cc3Cl)c(Cl)cc12. The fourth-order valence-electron chi connectivity index (χ4n) is 2.24. The van der Waals surface area contributed by atoms with Crippen molar-refractivity contribution in [1.29, 1.82) is 0 Å². The largest absolute Gasteiger partial charge is 0.423 e. The monoisotopic (exact) mass is 452 g/mol. The van der Waals surface area contributed by atoms with Gasteiger partial charge in [0, 0.05) is 17.5 Å². The van der Waals surface area contributed by atoms with Crippen molar-refractivity contribution in [3.8, 4) is 5.75 Å².